The lowest BCUT2D eigenvalue weighted by Gasteiger charge is -2.38. The van der Waals surface area contributed by atoms with Gasteiger partial charge in [0.2, 0.25) is 5.91 Å². The number of methoxy groups -OCH3 is 1. The van der Waals surface area contributed by atoms with Crippen LogP contribution in [0.25, 0.3) is 0 Å². The van der Waals surface area contributed by atoms with Crippen LogP contribution in [-0.4, -0.2) is 56.0 Å². The van der Waals surface area contributed by atoms with Gasteiger partial charge in [-0.15, -0.1) is 0 Å². The van der Waals surface area contributed by atoms with E-state index in [9.17, 15) is 9.59 Å². The quantitative estimate of drug-likeness (QED) is 0.817. The Morgan fingerprint density at radius 1 is 0.931 bits per heavy atom. The highest BCUT2D eigenvalue weighted by molar-refractivity contribution is 5.97. The predicted molar refractivity (Wildman–Crippen MR) is 114 cm³/mol. The molecule has 1 fully saturated rings. The Morgan fingerprint density at radius 2 is 1.55 bits per heavy atom. The van der Waals surface area contributed by atoms with Crippen molar-refractivity contribution in [3.63, 3.8) is 0 Å². The van der Waals surface area contributed by atoms with Gasteiger partial charge in [0, 0.05) is 37.4 Å². The third-order valence-corrected chi connectivity index (χ3v) is 5.28. The molecule has 1 aliphatic heterocycles. The van der Waals surface area contributed by atoms with E-state index in [-0.39, 0.29) is 17.7 Å². The lowest BCUT2D eigenvalue weighted by Crippen LogP contribution is -2.56. The average molecular weight is 396 g/mol. The lowest BCUT2D eigenvalue weighted by molar-refractivity contribution is -0.134. The number of carbonyl (C=O) groups is 2. The predicted octanol–water partition coefficient (Wildman–Crippen LogP) is 2.80. The summed E-state index contributed by atoms with van der Waals surface area (Å²) in [5.74, 6) is 0.611. The first kappa shape index (κ1) is 20.7. The van der Waals surface area contributed by atoms with Gasteiger partial charge in [0.1, 0.15) is 11.8 Å². The summed E-state index contributed by atoms with van der Waals surface area (Å²) in [6.07, 6.45) is 0. The molecule has 2 amide bonds. The second kappa shape index (κ2) is 9.45. The number of ether oxygens (including phenoxy) is 1. The van der Waals surface area contributed by atoms with E-state index >= 15 is 0 Å². The zero-order valence-electron chi connectivity index (χ0n) is 17.3. The summed E-state index contributed by atoms with van der Waals surface area (Å²) < 4.78 is 5.21. The second-order valence-corrected chi connectivity index (χ2v) is 7.57. The summed E-state index contributed by atoms with van der Waals surface area (Å²) in [5.41, 5.74) is 1.69. The van der Waals surface area contributed by atoms with Crippen molar-refractivity contribution >= 4 is 17.5 Å². The molecule has 1 atom stereocenters. The van der Waals surface area contributed by atoms with Crippen molar-refractivity contribution in [1.82, 2.24) is 10.2 Å². The molecule has 0 spiro atoms. The summed E-state index contributed by atoms with van der Waals surface area (Å²) in [4.78, 5) is 29.8. The maximum atomic E-state index is 13.1. The molecule has 29 heavy (non-hydrogen) atoms. The highest BCUT2D eigenvalue weighted by Crippen LogP contribution is 2.21. The zero-order valence-corrected chi connectivity index (χ0v) is 17.3. The molecule has 1 N–H and O–H groups in total. The van der Waals surface area contributed by atoms with E-state index < -0.39 is 6.04 Å². The van der Waals surface area contributed by atoms with Crippen LogP contribution in [0.2, 0.25) is 0 Å². The van der Waals surface area contributed by atoms with Crippen LogP contribution in [0.15, 0.2) is 54.6 Å². The van der Waals surface area contributed by atoms with Gasteiger partial charge in [-0.2, -0.15) is 0 Å². The molecule has 0 saturated carbocycles. The van der Waals surface area contributed by atoms with E-state index in [4.69, 9.17) is 4.74 Å². The van der Waals surface area contributed by atoms with Crippen LogP contribution in [0.3, 0.4) is 0 Å². The monoisotopic (exact) mass is 395 g/mol. The Bertz CT molecular complexity index is 813. The van der Waals surface area contributed by atoms with Gasteiger partial charge < -0.3 is 19.9 Å². The van der Waals surface area contributed by atoms with Crippen LogP contribution in [0.5, 0.6) is 5.75 Å². The van der Waals surface area contributed by atoms with Crippen LogP contribution < -0.4 is 15.0 Å². The maximum absolute atomic E-state index is 13.1. The first-order valence-corrected chi connectivity index (χ1v) is 10.0. The van der Waals surface area contributed by atoms with E-state index in [0.29, 0.717) is 18.7 Å². The first-order chi connectivity index (χ1) is 14.0. The number of anilines is 1. The molecule has 0 radical (unpaired) electrons. The van der Waals surface area contributed by atoms with Crippen molar-refractivity contribution in [3.8, 4) is 5.75 Å². The van der Waals surface area contributed by atoms with Crippen LogP contribution in [0.1, 0.15) is 24.2 Å². The third-order valence-electron chi connectivity index (χ3n) is 5.28. The molecule has 0 aromatic heterocycles. The van der Waals surface area contributed by atoms with E-state index in [1.807, 2.05) is 61.2 Å². The van der Waals surface area contributed by atoms with Gasteiger partial charge in [-0.05, 0) is 42.3 Å². The van der Waals surface area contributed by atoms with Gasteiger partial charge in [-0.25, -0.2) is 0 Å². The summed E-state index contributed by atoms with van der Waals surface area (Å²) >= 11 is 0. The molecule has 1 unspecified atom stereocenters. The Hall–Kier alpha value is -3.02. The van der Waals surface area contributed by atoms with Gasteiger partial charge in [-0.1, -0.05) is 32.0 Å². The molecule has 1 saturated heterocycles. The number of piperazine rings is 1. The number of nitrogens with one attached hydrogen (secondary N) is 1. The summed E-state index contributed by atoms with van der Waals surface area (Å²) in [7, 11) is 1.65. The standard InChI is InChI=1S/C23H29N3O3/c1-17(2)21(24-22(27)18-7-5-4-6-8-18)23(28)26-15-13-25(14-16-26)19-9-11-20(29-3)12-10-19/h4-12,17,21H,13-16H2,1-3H3,(H,24,27). The molecule has 154 valence electrons. The zero-order chi connectivity index (χ0) is 20.8. The van der Waals surface area contributed by atoms with Crippen LogP contribution in [0.4, 0.5) is 5.69 Å². The summed E-state index contributed by atoms with van der Waals surface area (Å²) in [6.45, 7) is 6.71. The summed E-state index contributed by atoms with van der Waals surface area (Å²) in [5, 5.41) is 2.93. The molecular formula is C23H29N3O3. The lowest BCUT2D eigenvalue weighted by atomic mass is 10.0. The molecular weight excluding hydrogens is 366 g/mol. The van der Waals surface area contributed by atoms with Crippen molar-refractivity contribution < 1.29 is 14.3 Å². The number of benzene rings is 2. The fourth-order valence-corrected chi connectivity index (χ4v) is 3.50. The first-order valence-electron chi connectivity index (χ1n) is 10.0. The molecule has 0 aliphatic carbocycles. The second-order valence-electron chi connectivity index (χ2n) is 7.57. The average Bonchev–Trinajstić information content (AvgIpc) is 2.77. The topological polar surface area (TPSA) is 61.9 Å². The molecule has 6 nitrogen and oxygen atoms in total. The van der Waals surface area contributed by atoms with Crippen molar-refractivity contribution in [2.75, 3.05) is 38.2 Å². The normalized spacial score (nSPS) is 15.2. The Labute approximate surface area is 172 Å². The molecule has 1 heterocycles. The maximum Gasteiger partial charge on any atom is 0.251 e. The molecule has 3 rings (SSSR count). The Morgan fingerprint density at radius 3 is 2.10 bits per heavy atom. The van der Waals surface area contributed by atoms with Crippen LogP contribution >= 0.6 is 0 Å². The molecule has 6 heteroatoms. The van der Waals surface area contributed by atoms with Crippen LogP contribution in [0, 0.1) is 5.92 Å². The van der Waals surface area contributed by atoms with Gasteiger partial charge in [0.15, 0.2) is 0 Å². The Kier molecular flexibility index (Phi) is 6.75. The van der Waals surface area contributed by atoms with Crippen LogP contribution in [-0.2, 0) is 4.79 Å². The van der Waals surface area contributed by atoms with E-state index in [1.54, 1.807) is 19.2 Å². The van der Waals surface area contributed by atoms with Gasteiger partial charge >= 0.3 is 0 Å². The van der Waals surface area contributed by atoms with Crippen molar-refractivity contribution in [2.45, 2.75) is 19.9 Å². The number of rotatable bonds is 6. The number of amides is 2. The number of carbonyl (C=O) groups excluding carboxylic acids is 2. The molecule has 2 aromatic carbocycles. The minimum Gasteiger partial charge on any atom is -0.497 e. The number of nitrogens with zero attached hydrogens (tertiary/aromatic N) is 2. The van der Waals surface area contributed by atoms with Gasteiger partial charge in [0.25, 0.3) is 5.91 Å². The van der Waals surface area contributed by atoms with Gasteiger partial charge in [-0.3, -0.25) is 9.59 Å². The number of hydrogen-bond donors (Lipinski definition) is 1. The smallest absolute Gasteiger partial charge is 0.251 e. The summed E-state index contributed by atoms with van der Waals surface area (Å²) in [6, 6.07) is 16.4. The van der Waals surface area contributed by atoms with E-state index in [2.05, 4.69) is 10.2 Å². The fraction of sp³-hybridized carbons (Fsp3) is 0.391. The SMILES string of the molecule is COc1ccc(N2CCN(C(=O)C(NC(=O)c3ccccc3)C(C)C)CC2)cc1. The molecule has 2 aromatic rings. The highest BCUT2D eigenvalue weighted by atomic mass is 16.5. The third kappa shape index (κ3) is 5.08. The van der Waals surface area contributed by atoms with Crippen molar-refractivity contribution in [2.24, 2.45) is 5.92 Å². The minimum atomic E-state index is -0.532. The van der Waals surface area contributed by atoms with Crippen molar-refractivity contribution in [3.05, 3.63) is 60.2 Å². The highest BCUT2D eigenvalue weighted by Gasteiger charge is 2.31. The molecule has 1 aliphatic rings. The largest absolute Gasteiger partial charge is 0.497 e. The van der Waals surface area contributed by atoms with E-state index in [1.165, 1.54) is 0 Å². The number of hydrogen-bond acceptors (Lipinski definition) is 4. The Balaban J connectivity index is 1.60. The minimum absolute atomic E-state index is 0.00906. The fourth-order valence-electron chi connectivity index (χ4n) is 3.50. The molecule has 0 bridgehead atoms. The van der Waals surface area contributed by atoms with Gasteiger partial charge in [0.05, 0.1) is 7.11 Å². The van der Waals surface area contributed by atoms with E-state index in [0.717, 1.165) is 24.5 Å². The van der Waals surface area contributed by atoms with Crippen molar-refractivity contribution in [1.29, 1.82) is 0 Å².